The number of hydrogen-bond donors (Lipinski definition) is 0. The van der Waals surface area contributed by atoms with E-state index in [1.807, 2.05) is 6.92 Å². The van der Waals surface area contributed by atoms with Gasteiger partial charge in [-0.15, -0.1) is 5.10 Å². The summed E-state index contributed by atoms with van der Waals surface area (Å²) in [6.45, 7) is 1.81. The topological polar surface area (TPSA) is 65.7 Å². The van der Waals surface area contributed by atoms with Crippen LogP contribution in [0.1, 0.15) is 5.56 Å². The smallest absolute Gasteiger partial charge is 0.342 e. The van der Waals surface area contributed by atoms with Gasteiger partial charge in [-0.3, -0.25) is 4.68 Å². The number of halogens is 1. The van der Waals surface area contributed by atoms with E-state index in [1.54, 1.807) is 13.2 Å². The van der Waals surface area contributed by atoms with Gasteiger partial charge in [0.1, 0.15) is 6.33 Å². The quantitative estimate of drug-likeness (QED) is 0.722. The lowest BCUT2D eigenvalue weighted by molar-refractivity contribution is 0.418. The summed E-state index contributed by atoms with van der Waals surface area (Å²) in [7, 11) is 1.75. The zero-order valence-corrected chi connectivity index (χ0v) is 8.93. The van der Waals surface area contributed by atoms with Gasteiger partial charge in [0.25, 0.3) is 0 Å². The zero-order chi connectivity index (χ0) is 10.8. The molecule has 0 spiro atoms. The molecule has 2 heterocycles. The molecule has 0 fully saturated rings. The van der Waals surface area contributed by atoms with Crippen LogP contribution in [0.2, 0.25) is 5.28 Å². The van der Waals surface area contributed by atoms with E-state index in [-0.39, 0.29) is 11.3 Å². The summed E-state index contributed by atoms with van der Waals surface area (Å²) in [4.78, 5) is 11.6. The molecule has 2 aromatic heterocycles. The maximum absolute atomic E-state index is 5.64. The van der Waals surface area contributed by atoms with Crippen LogP contribution >= 0.6 is 11.6 Å². The average Bonchev–Trinajstić information content (AvgIpc) is 2.58. The molecule has 0 aliphatic carbocycles. The van der Waals surface area contributed by atoms with Crippen LogP contribution in [0.5, 0.6) is 11.9 Å². The largest absolute Gasteiger partial charge is 0.404 e. The monoisotopic (exact) mass is 225 g/mol. The van der Waals surface area contributed by atoms with Crippen LogP contribution in [-0.2, 0) is 7.05 Å². The highest BCUT2D eigenvalue weighted by Crippen LogP contribution is 2.19. The highest BCUT2D eigenvalue weighted by molar-refractivity contribution is 6.28. The molecule has 0 aliphatic rings. The minimum absolute atomic E-state index is 0.131. The van der Waals surface area contributed by atoms with Crippen molar-refractivity contribution in [1.82, 2.24) is 24.7 Å². The molecule has 0 saturated heterocycles. The first-order chi connectivity index (χ1) is 7.15. The molecule has 78 valence electrons. The maximum atomic E-state index is 5.64. The standard InChI is InChI=1S/C8H8ClN5O/c1-5-3-10-7(9)12-6(5)15-8-11-4-14(2)13-8/h3-4H,1-2H3. The summed E-state index contributed by atoms with van der Waals surface area (Å²) in [5, 5.41) is 4.09. The molecule has 0 bridgehead atoms. The molecule has 0 radical (unpaired) electrons. The summed E-state index contributed by atoms with van der Waals surface area (Å²) in [6.07, 6.45) is 3.11. The Labute approximate surface area is 90.9 Å². The molecule has 0 aliphatic heterocycles. The van der Waals surface area contributed by atoms with E-state index in [0.29, 0.717) is 5.88 Å². The van der Waals surface area contributed by atoms with Gasteiger partial charge in [-0.05, 0) is 18.5 Å². The molecule has 6 nitrogen and oxygen atoms in total. The van der Waals surface area contributed by atoms with Crippen molar-refractivity contribution in [2.45, 2.75) is 6.92 Å². The first-order valence-corrected chi connectivity index (χ1v) is 4.55. The SMILES string of the molecule is Cc1cnc(Cl)nc1Oc1ncn(C)n1. The third kappa shape index (κ3) is 2.21. The van der Waals surface area contributed by atoms with Crippen LogP contribution in [0.3, 0.4) is 0 Å². The second-order valence-corrected chi connectivity index (χ2v) is 3.27. The summed E-state index contributed by atoms with van der Waals surface area (Å²) < 4.78 is 6.87. The molecule has 0 atom stereocenters. The van der Waals surface area contributed by atoms with Crippen molar-refractivity contribution >= 4 is 11.6 Å². The van der Waals surface area contributed by atoms with Crippen LogP contribution < -0.4 is 4.74 Å². The van der Waals surface area contributed by atoms with Gasteiger partial charge in [0.15, 0.2) is 0 Å². The number of aromatic nitrogens is 5. The Balaban J connectivity index is 2.27. The number of aryl methyl sites for hydroxylation is 2. The van der Waals surface area contributed by atoms with Crippen molar-refractivity contribution in [3.8, 4) is 11.9 Å². The predicted molar refractivity (Wildman–Crippen MR) is 52.9 cm³/mol. The number of hydrogen-bond acceptors (Lipinski definition) is 5. The van der Waals surface area contributed by atoms with E-state index >= 15 is 0 Å². The molecule has 0 aromatic carbocycles. The van der Waals surface area contributed by atoms with Crippen molar-refractivity contribution < 1.29 is 4.74 Å². The molecule has 0 N–H and O–H groups in total. The lowest BCUT2D eigenvalue weighted by Crippen LogP contribution is -1.95. The van der Waals surface area contributed by atoms with Crippen LogP contribution in [0.25, 0.3) is 0 Å². The minimum Gasteiger partial charge on any atom is -0.404 e. The highest BCUT2D eigenvalue weighted by atomic mass is 35.5. The molecule has 0 amide bonds. The summed E-state index contributed by atoms with van der Waals surface area (Å²) in [5.41, 5.74) is 0.770. The Morgan fingerprint density at radius 3 is 2.87 bits per heavy atom. The van der Waals surface area contributed by atoms with Crippen LogP contribution in [-0.4, -0.2) is 24.7 Å². The van der Waals surface area contributed by atoms with Gasteiger partial charge in [-0.1, -0.05) is 0 Å². The maximum Gasteiger partial charge on any atom is 0.342 e. The van der Waals surface area contributed by atoms with E-state index in [4.69, 9.17) is 16.3 Å². The minimum atomic E-state index is 0.131. The van der Waals surface area contributed by atoms with Crippen molar-refractivity contribution in [3.05, 3.63) is 23.4 Å². The van der Waals surface area contributed by atoms with Gasteiger partial charge in [0.2, 0.25) is 11.2 Å². The van der Waals surface area contributed by atoms with Crippen molar-refractivity contribution in [2.24, 2.45) is 7.05 Å². The third-order valence-corrected chi connectivity index (χ3v) is 1.84. The zero-order valence-electron chi connectivity index (χ0n) is 8.18. The summed E-state index contributed by atoms with van der Waals surface area (Å²) >= 11 is 5.64. The van der Waals surface area contributed by atoms with Gasteiger partial charge in [0, 0.05) is 18.8 Å². The molecule has 15 heavy (non-hydrogen) atoms. The first-order valence-electron chi connectivity index (χ1n) is 4.18. The van der Waals surface area contributed by atoms with Crippen molar-refractivity contribution in [2.75, 3.05) is 0 Å². The fraction of sp³-hybridized carbons (Fsp3) is 0.250. The van der Waals surface area contributed by atoms with E-state index in [2.05, 4.69) is 20.1 Å². The van der Waals surface area contributed by atoms with Crippen LogP contribution in [0, 0.1) is 6.92 Å². The van der Waals surface area contributed by atoms with Gasteiger partial charge in [0.05, 0.1) is 0 Å². The fourth-order valence-electron chi connectivity index (χ4n) is 0.962. The second-order valence-electron chi connectivity index (χ2n) is 2.93. The predicted octanol–water partition coefficient (Wildman–Crippen LogP) is 1.36. The molecular weight excluding hydrogens is 218 g/mol. The molecular formula is C8H8ClN5O. The first kappa shape index (κ1) is 9.85. The van der Waals surface area contributed by atoms with E-state index in [0.717, 1.165) is 5.56 Å². The molecule has 0 unspecified atom stereocenters. The Bertz CT molecular complexity index is 484. The Morgan fingerprint density at radius 2 is 2.20 bits per heavy atom. The van der Waals surface area contributed by atoms with Gasteiger partial charge in [-0.25, -0.2) is 4.98 Å². The second kappa shape index (κ2) is 3.82. The Kier molecular flexibility index (Phi) is 2.51. The van der Waals surface area contributed by atoms with Gasteiger partial charge in [-0.2, -0.15) is 9.97 Å². The van der Waals surface area contributed by atoms with E-state index < -0.39 is 0 Å². The summed E-state index contributed by atoms with van der Waals surface area (Å²) in [5.74, 6) is 0.362. The van der Waals surface area contributed by atoms with Crippen molar-refractivity contribution in [1.29, 1.82) is 0 Å². The van der Waals surface area contributed by atoms with Crippen LogP contribution in [0.4, 0.5) is 0 Å². The number of ether oxygens (including phenoxy) is 1. The number of rotatable bonds is 2. The molecule has 2 aromatic rings. The highest BCUT2D eigenvalue weighted by Gasteiger charge is 2.07. The third-order valence-electron chi connectivity index (χ3n) is 1.66. The molecule has 7 heteroatoms. The lowest BCUT2D eigenvalue weighted by Gasteiger charge is -2.02. The average molecular weight is 226 g/mol. The number of nitrogens with zero attached hydrogens (tertiary/aromatic N) is 5. The van der Waals surface area contributed by atoms with E-state index in [9.17, 15) is 0 Å². The summed E-state index contributed by atoms with van der Waals surface area (Å²) in [6, 6.07) is 0.232. The molecule has 2 rings (SSSR count). The Hall–Kier alpha value is -1.69. The normalized spacial score (nSPS) is 10.3. The molecule has 0 saturated carbocycles. The fourth-order valence-corrected chi connectivity index (χ4v) is 1.09. The van der Waals surface area contributed by atoms with Gasteiger partial charge < -0.3 is 4.74 Å². The Morgan fingerprint density at radius 1 is 1.40 bits per heavy atom. The van der Waals surface area contributed by atoms with Gasteiger partial charge >= 0.3 is 6.01 Å². The van der Waals surface area contributed by atoms with Crippen molar-refractivity contribution in [3.63, 3.8) is 0 Å². The lowest BCUT2D eigenvalue weighted by atomic mass is 10.4. The van der Waals surface area contributed by atoms with E-state index in [1.165, 1.54) is 11.0 Å². The van der Waals surface area contributed by atoms with Crippen LogP contribution in [0.15, 0.2) is 12.5 Å².